The molecule has 130 valence electrons. The van der Waals surface area contributed by atoms with Gasteiger partial charge in [-0.2, -0.15) is 0 Å². The van der Waals surface area contributed by atoms with Crippen LogP contribution in [-0.2, 0) is 11.2 Å². The van der Waals surface area contributed by atoms with E-state index in [0.29, 0.717) is 38.2 Å². The number of amides is 2. The summed E-state index contributed by atoms with van der Waals surface area (Å²) in [7, 11) is 0. The minimum atomic E-state index is -0.0153. The lowest BCUT2D eigenvalue weighted by atomic mass is 10.1. The Hall–Kier alpha value is -2.69. The van der Waals surface area contributed by atoms with Crippen molar-refractivity contribution in [3.63, 3.8) is 0 Å². The van der Waals surface area contributed by atoms with Crippen LogP contribution in [0.25, 0.3) is 0 Å². The molecule has 2 aromatic rings. The second kappa shape index (κ2) is 7.47. The lowest BCUT2D eigenvalue weighted by molar-refractivity contribution is -0.131. The van der Waals surface area contributed by atoms with Gasteiger partial charge >= 0.3 is 0 Å². The molecule has 0 saturated carbocycles. The second-order valence-corrected chi connectivity index (χ2v) is 6.46. The van der Waals surface area contributed by atoms with E-state index in [2.05, 4.69) is 4.98 Å². The predicted octanol–water partition coefficient (Wildman–Crippen LogP) is 2.23. The summed E-state index contributed by atoms with van der Waals surface area (Å²) in [5.74, 6) is 0.108. The molecule has 1 aromatic heterocycles. The van der Waals surface area contributed by atoms with Crippen molar-refractivity contribution in [2.45, 2.75) is 20.3 Å². The Morgan fingerprint density at radius 2 is 1.64 bits per heavy atom. The Labute approximate surface area is 148 Å². The molecule has 0 radical (unpaired) electrons. The van der Waals surface area contributed by atoms with Gasteiger partial charge in [0.2, 0.25) is 5.91 Å². The molecule has 0 N–H and O–H groups in total. The minimum absolute atomic E-state index is 0.0153. The highest BCUT2D eigenvalue weighted by atomic mass is 16.2. The molecule has 2 heterocycles. The molecular weight excluding hydrogens is 314 g/mol. The zero-order valence-electron chi connectivity index (χ0n) is 14.7. The topological polar surface area (TPSA) is 53.5 Å². The molecule has 0 atom stereocenters. The predicted molar refractivity (Wildman–Crippen MR) is 96.3 cm³/mol. The van der Waals surface area contributed by atoms with Crippen LogP contribution >= 0.6 is 0 Å². The summed E-state index contributed by atoms with van der Waals surface area (Å²) in [6.07, 6.45) is 2.04. The van der Waals surface area contributed by atoms with Crippen LogP contribution < -0.4 is 0 Å². The number of aromatic nitrogens is 1. The van der Waals surface area contributed by atoms with Gasteiger partial charge in [-0.15, -0.1) is 0 Å². The molecule has 0 aliphatic carbocycles. The minimum Gasteiger partial charge on any atom is -0.339 e. The third-order valence-corrected chi connectivity index (χ3v) is 4.68. The molecule has 1 saturated heterocycles. The fraction of sp³-hybridized carbons (Fsp3) is 0.350. The maximum absolute atomic E-state index is 12.5. The molecule has 1 aliphatic heterocycles. The fourth-order valence-corrected chi connectivity index (χ4v) is 3.02. The van der Waals surface area contributed by atoms with Gasteiger partial charge < -0.3 is 9.80 Å². The molecule has 0 spiro atoms. The molecule has 0 unspecified atom stereocenters. The summed E-state index contributed by atoms with van der Waals surface area (Å²) in [4.78, 5) is 32.8. The largest absolute Gasteiger partial charge is 0.339 e. The molecule has 3 rings (SSSR count). The van der Waals surface area contributed by atoms with Crippen LogP contribution in [0.15, 0.2) is 42.6 Å². The number of hydrogen-bond donors (Lipinski definition) is 0. The Morgan fingerprint density at radius 3 is 2.28 bits per heavy atom. The van der Waals surface area contributed by atoms with E-state index in [9.17, 15) is 9.59 Å². The van der Waals surface area contributed by atoms with E-state index in [1.165, 1.54) is 0 Å². The fourth-order valence-electron chi connectivity index (χ4n) is 3.02. The van der Waals surface area contributed by atoms with Crippen molar-refractivity contribution in [2.75, 3.05) is 26.2 Å². The number of carbonyl (C=O) groups excluding carboxylic acids is 2. The summed E-state index contributed by atoms with van der Waals surface area (Å²) in [5, 5.41) is 0. The zero-order chi connectivity index (χ0) is 17.8. The van der Waals surface area contributed by atoms with Gasteiger partial charge in [-0.1, -0.05) is 24.3 Å². The molecule has 1 aliphatic rings. The van der Waals surface area contributed by atoms with E-state index in [-0.39, 0.29) is 11.8 Å². The Balaban J connectivity index is 1.56. The summed E-state index contributed by atoms with van der Waals surface area (Å²) in [5.41, 5.74) is 3.70. The van der Waals surface area contributed by atoms with Gasteiger partial charge in [0.15, 0.2) is 0 Å². The number of rotatable bonds is 3. The van der Waals surface area contributed by atoms with Gasteiger partial charge in [-0.3, -0.25) is 14.6 Å². The molecule has 5 nitrogen and oxygen atoms in total. The molecule has 0 bridgehead atoms. The van der Waals surface area contributed by atoms with Crippen molar-refractivity contribution in [3.8, 4) is 0 Å². The quantitative estimate of drug-likeness (QED) is 0.863. The third kappa shape index (κ3) is 4.05. The van der Waals surface area contributed by atoms with E-state index in [1.54, 1.807) is 17.2 Å². The Kier molecular flexibility index (Phi) is 5.12. The first kappa shape index (κ1) is 17.1. The Morgan fingerprint density at radius 1 is 0.960 bits per heavy atom. The van der Waals surface area contributed by atoms with Crippen LogP contribution in [0.3, 0.4) is 0 Å². The maximum Gasteiger partial charge on any atom is 0.255 e. The highest BCUT2D eigenvalue weighted by Gasteiger charge is 2.25. The van der Waals surface area contributed by atoms with Crippen LogP contribution in [0, 0.1) is 13.8 Å². The highest BCUT2D eigenvalue weighted by Crippen LogP contribution is 2.12. The van der Waals surface area contributed by atoms with Crippen molar-refractivity contribution < 1.29 is 9.59 Å². The number of hydrogen-bond acceptors (Lipinski definition) is 3. The lowest BCUT2D eigenvalue weighted by Crippen LogP contribution is -2.51. The number of benzene rings is 1. The summed E-state index contributed by atoms with van der Waals surface area (Å²) in [6.45, 7) is 6.20. The van der Waals surface area contributed by atoms with Gasteiger partial charge in [-0.05, 0) is 37.1 Å². The smallest absolute Gasteiger partial charge is 0.255 e. The van der Waals surface area contributed by atoms with E-state index >= 15 is 0 Å². The molecule has 5 heteroatoms. The second-order valence-electron chi connectivity index (χ2n) is 6.46. The molecule has 2 amide bonds. The molecule has 1 aromatic carbocycles. The van der Waals surface area contributed by atoms with Crippen LogP contribution in [0.1, 0.15) is 27.2 Å². The van der Waals surface area contributed by atoms with Crippen molar-refractivity contribution >= 4 is 11.8 Å². The highest BCUT2D eigenvalue weighted by molar-refractivity contribution is 5.94. The van der Waals surface area contributed by atoms with E-state index in [4.69, 9.17) is 0 Å². The first-order valence-electron chi connectivity index (χ1n) is 8.59. The zero-order valence-corrected chi connectivity index (χ0v) is 14.7. The van der Waals surface area contributed by atoms with Gasteiger partial charge in [0, 0.05) is 38.1 Å². The van der Waals surface area contributed by atoms with Crippen molar-refractivity contribution in [3.05, 3.63) is 65.0 Å². The number of aryl methyl sites for hydroxylation is 2. The number of nitrogens with zero attached hydrogens (tertiary/aromatic N) is 3. The Bertz CT molecular complexity index is 763. The first-order valence-corrected chi connectivity index (χ1v) is 8.59. The molecule has 25 heavy (non-hydrogen) atoms. The van der Waals surface area contributed by atoms with Crippen LogP contribution in [0.4, 0.5) is 0 Å². The van der Waals surface area contributed by atoms with Crippen molar-refractivity contribution in [2.24, 2.45) is 0 Å². The third-order valence-electron chi connectivity index (χ3n) is 4.68. The maximum atomic E-state index is 12.5. The SMILES string of the molecule is Cc1ccc(C(=O)N2CCN(C(=O)Cc3ccccc3C)CC2)cn1. The standard InChI is InChI=1S/C20H23N3O2/c1-15-5-3-4-6-17(15)13-19(24)22-9-11-23(12-10-22)20(25)18-8-7-16(2)21-14-18/h3-8,14H,9-13H2,1-2H3. The number of piperazine rings is 1. The average molecular weight is 337 g/mol. The number of carbonyl (C=O) groups is 2. The van der Waals surface area contributed by atoms with Gasteiger partial charge in [-0.25, -0.2) is 0 Å². The van der Waals surface area contributed by atoms with Crippen LogP contribution in [0.5, 0.6) is 0 Å². The van der Waals surface area contributed by atoms with Crippen LogP contribution in [0.2, 0.25) is 0 Å². The molecule has 1 fully saturated rings. The summed E-state index contributed by atoms with van der Waals surface area (Å²) < 4.78 is 0. The first-order chi connectivity index (χ1) is 12.0. The molecular formula is C20H23N3O2. The normalized spacial score (nSPS) is 14.5. The van der Waals surface area contributed by atoms with E-state index in [0.717, 1.165) is 16.8 Å². The summed E-state index contributed by atoms with van der Waals surface area (Å²) in [6, 6.07) is 11.6. The van der Waals surface area contributed by atoms with Gasteiger partial charge in [0.05, 0.1) is 12.0 Å². The lowest BCUT2D eigenvalue weighted by Gasteiger charge is -2.35. The van der Waals surface area contributed by atoms with Crippen LogP contribution in [-0.4, -0.2) is 52.8 Å². The number of pyridine rings is 1. The van der Waals surface area contributed by atoms with Gasteiger partial charge in [0.25, 0.3) is 5.91 Å². The van der Waals surface area contributed by atoms with Crippen molar-refractivity contribution in [1.82, 2.24) is 14.8 Å². The van der Waals surface area contributed by atoms with Gasteiger partial charge in [0.1, 0.15) is 0 Å². The monoisotopic (exact) mass is 337 g/mol. The average Bonchev–Trinajstić information content (AvgIpc) is 2.64. The summed E-state index contributed by atoms with van der Waals surface area (Å²) >= 11 is 0. The van der Waals surface area contributed by atoms with Crippen molar-refractivity contribution in [1.29, 1.82) is 0 Å². The van der Waals surface area contributed by atoms with E-state index < -0.39 is 0 Å². The van der Waals surface area contributed by atoms with E-state index in [1.807, 2.05) is 49.1 Å².